The minimum Gasteiger partial charge on any atom is -0.378 e. The smallest absolute Gasteiger partial charge is 0.165 e. The third-order valence-corrected chi connectivity index (χ3v) is 8.42. The number of anilines is 1. The molecule has 0 saturated carbocycles. The van der Waals surface area contributed by atoms with Crippen molar-refractivity contribution < 1.29 is 9.13 Å². The van der Waals surface area contributed by atoms with E-state index in [-0.39, 0.29) is 5.82 Å². The average Bonchev–Trinajstić information content (AvgIpc) is 3.63. The topological polar surface area (TPSA) is 60.5 Å². The Bertz CT molecular complexity index is 1420. The van der Waals surface area contributed by atoms with Gasteiger partial charge in [0.05, 0.1) is 29.0 Å². The van der Waals surface area contributed by atoms with Gasteiger partial charge in [-0.15, -0.1) is 11.3 Å². The lowest BCUT2D eigenvalue weighted by Crippen LogP contribution is -2.48. The van der Waals surface area contributed by atoms with E-state index in [1.54, 1.807) is 17.4 Å². The molecule has 2 saturated heterocycles. The van der Waals surface area contributed by atoms with Crippen LogP contribution in [0.25, 0.3) is 32.5 Å². The average molecular weight is 491 g/mol. The minimum absolute atomic E-state index is 0.303. The van der Waals surface area contributed by atoms with E-state index in [1.165, 1.54) is 10.9 Å². The highest BCUT2D eigenvalue weighted by Gasteiger charge is 2.28. The summed E-state index contributed by atoms with van der Waals surface area (Å²) in [5.41, 5.74) is 2.23. The number of aromatic amines is 1. The molecule has 3 aliphatic heterocycles. The van der Waals surface area contributed by atoms with Crippen LogP contribution >= 0.6 is 11.3 Å². The lowest BCUT2D eigenvalue weighted by molar-refractivity contribution is 0.118. The van der Waals surface area contributed by atoms with E-state index >= 15 is 4.39 Å². The Labute approximate surface area is 206 Å². The van der Waals surface area contributed by atoms with Crippen molar-refractivity contribution in [3.05, 3.63) is 53.4 Å². The van der Waals surface area contributed by atoms with Gasteiger partial charge in [0.1, 0.15) is 5.82 Å². The van der Waals surface area contributed by atoms with Crippen molar-refractivity contribution in [2.45, 2.75) is 19.0 Å². The second-order valence-electron chi connectivity index (χ2n) is 9.51. The summed E-state index contributed by atoms with van der Waals surface area (Å²) in [6, 6.07) is 7.93. The second kappa shape index (κ2) is 8.58. The predicted octanol–water partition coefficient (Wildman–Crippen LogP) is 4.22. The molecule has 3 aliphatic rings. The van der Waals surface area contributed by atoms with E-state index in [1.807, 2.05) is 12.3 Å². The zero-order valence-corrected chi connectivity index (χ0v) is 20.2. The highest BCUT2D eigenvalue weighted by Crippen LogP contribution is 2.37. The zero-order valence-electron chi connectivity index (χ0n) is 19.4. The number of benzene rings is 1. The normalized spacial score (nSPS) is 20.9. The van der Waals surface area contributed by atoms with Gasteiger partial charge in [-0.1, -0.05) is 6.08 Å². The molecule has 0 unspecified atom stereocenters. The Hall–Kier alpha value is -3.01. The van der Waals surface area contributed by atoms with Crippen LogP contribution in [0, 0.1) is 5.82 Å². The highest BCUT2D eigenvalue weighted by atomic mass is 32.1. The number of nitrogens with one attached hydrogen (secondary N) is 1. The van der Waals surface area contributed by atoms with Gasteiger partial charge in [-0.05, 0) is 36.9 Å². The number of morpholine rings is 1. The zero-order chi connectivity index (χ0) is 23.4. The molecule has 1 N–H and O–H groups in total. The van der Waals surface area contributed by atoms with Crippen LogP contribution in [0.1, 0.15) is 11.3 Å². The molecule has 7 rings (SSSR count). The van der Waals surface area contributed by atoms with Crippen molar-refractivity contribution in [1.82, 2.24) is 24.8 Å². The standard InChI is InChI=1S/C26H27FN6OS/c27-20-3-4-21-19(5-6-28-21)23(20)25-29-22-14-18(16-31-8-9-32-7-1-2-17(32)15-31)35-24(22)26(30-25)33-10-12-34-13-11-33/h1,3-7,14,17,28H,2,8-13,15-16H2/t17-/m0/s1. The maximum atomic E-state index is 15.1. The van der Waals surface area contributed by atoms with Crippen molar-refractivity contribution in [2.75, 3.05) is 50.8 Å². The lowest BCUT2D eigenvalue weighted by Gasteiger charge is -2.38. The fraction of sp³-hybridized carbons (Fsp3) is 0.385. The Morgan fingerprint density at radius 2 is 2.03 bits per heavy atom. The van der Waals surface area contributed by atoms with Crippen LogP contribution in [-0.2, 0) is 11.3 Å². The molecule has 3 aromatic heterocycles. The van der Waals surface area contributed by atoms with Crippen LogP contribution in [0.3, 0.4) is 0 Å². The van der Waals surface area contributed by atoms with E-state index in [2.05, 4.69) is 38.0 Å². The molecular formula is C26H27FN6OS. The van der Waals surface area contributed by atoms with E-state index in [0.717, 1.165) is 72.6 Å². The van der Waals surface area contributed by atoms with E-state index < -0.39 is 0 Å². The summed E-state index contributed by atoms with van der Waals surface area (Å²) in [4.78, 5) is 21.6. The number of hydrogen-bond donors (Lipinski definition) is 1. The minimum atomic E-state index is -0.303. The highest BCUT2D eigenvalue weighted by molar-refractivity contribution is 7.19. The Morgan fingerprint density at radius 3 is 2.94 bits per heavy atom. The van der Waals surface area contributed by atoms with E-state index in [4.69, 9.17) is 14.7 Å². The van der Waals surface area contributed by atoms with Gasteiger partial charge in [0.25, 0.3) is 0 Å². The first-order valence-electron chi connectivity index (χ1n) is 12.3. The Balaban J connectivity index is 1.30. The molecule has 0 aliphatic carbocycles. The van der Waals surface area contributed by atoms with Gasteiger partial charge in [-0.25, -0.2) is 14.4 Å². The molecule has 0 bridgehead atoms. The molecule has 9 heteroatoms. The van der Waals surface area contributed by atoms with Crippen LogP contribution in [0.2, 0.25) is 0 Å². The number of aromatic nitrogens is 3. The second-order valence-corrected chi connectivity index (χ2v) is 10.6. The van der Waals surface area contributed by atoms with Crippen molar-refractivity contribution in [3.8, 4) is 11.4 Å². The van der Waals surface area contributed by atoms with Gasteiger partial charge in [-0.3, -0.25) is 4.90 Å². The largest absolute Gasteiger partial charge is 0.378 e. The first-order chi connectivity index (χ1) is 17.2. The number of fused-ring (bicyclic) bond motifs is 3. The molecule has 0 spiro atoms. The third-order valence-electron chi connectivity index (χ3n) is 7.32. The summed E-state index contributed by atoms with van der Waals surface area (Å²) < 4.78 is 21.8. The molecule has 4 aromatic rings. The predicted molar refractivity (Wildman–Crippen MR) is 137 cm³/mol. The number of thiophene rings is 1. The lowest BCUT2D eigenvalue weighted by atomic mass is 10.1. The number of nitrogens with zero attached hydrogens (tertiary/aromatic N) is 5. The summed E-state index contributed by atoms with van der Waals surface area (Å²) in [6.07, 6.45) is 7.49. The molecule has 1 aromatic carbocycles. The summed E-state index contributed by atoms with van der Waals surface area (Å²) in [7, 11) is 0. The molecular weight excluding hydrogens is 463 g/mol. The molecule has 6 heterocycles. The molecule has 35 heavy (non-hydrogen) atoms. The first kappa shape index (κ1) is 21.3. The first-order valence-corrected chi connectivity index (χ1v) is 13.1. The van der Waals surface area contributed by atoms with E-state index in [0.29, 0.717) is 30.6 Å². The number of halogens is 1. The van der Waals surface area contributed by atoms with Crippen molar-refractivity contribution >= 4 is 38.3 Å². The summed E-state index contributed by atoms with van der Waals surface area (Å²) >= 11 is 1.77. The van der Waals surface area contributed by atoms with E-state index in [9.17, 15) is 0 Å². The number of rotatable bonds is 4. The van der Waals surface area contributed by atoms with Gasteiger partial charge in [0.15, 0.2) is 11.6 Å². The third kappa shape index (κ3) is 3.78. The van der Waals surface area contributed by atoms with Crippen LogP contribution in [-0.4, -0.2) is 76.7 Å². The van der Waals surface area contributed by atoms with Crippen molar-refractivity contribution in [2.24, 2.45) is 0 Å². The number of H-pyrrole nitrogens is 1. The van der Waals surface area contributed by atoms with Gasteiger partial charge in [0.2, 0.25) is 0 Å². The van der Waals surface area contributed by atoms with Gasteiger partial charge < -0.3 is 19.5 Å². The summed E-state index contributed by atoms with van der Waals surface area (Å²) in [6.45, 7) is 7.00. The number of hydrogen-bond acceptors (Lipinski definition) is 7. The molecule has 180 valence electrons. The summed E-state index contributed by atoms with van der Waals surface area (Å²) in [5, 5.41) is 0.802. The monoisotopic (exact) mass is 490 g/mol. The van der Waals surface area contributed by atoms with Crippen molar-refractivity contribution in [1.29, 1.82) is 0 Å². The maximum absolute atomic E-state index is 15.1. The Morgan fingerprint density at radius 1 is 1.11 bits per heavy atom. The molecule has 0 amide bonds. The van der Waals surface area contributed by atoms with Gasteiger partial charge in [-0.2, -0.15) is 0 Å². The fourth-order valence-corrected chi connectivity index (χ4v) is 6.69. The van der Waals surface area contributed by atoms with Crippen LogP contribution < -0.4 is 4.90 Å². The maximum Gasteiger partial charge on any atom is 0.165 e. The molecule has 2 fully saturated rings. The summed E-state index contributed by atoms with van der Waals surface area (Å²) in [5.74, 6) is 1.03. The Kier molecular flexibility index (Phi) is 5.22. The van der Waals surface area contributed by atoms with Gasteiger partial charge >= 0.3 is 0 Å². The van der Waals surface area contributed by atoms with Crippen LogP contribution in [0.4, 0.5) is 10.2 Å². The number of piperazine rings is 1. The van der Waals surface area contributed by atoms with Crippen LogP contribution in [0.15, 0.2) is 42.7 Å². The van der Waals surface area contributed by atoms with Crippen molar-refractivity contribution in [3.63, 3.8) is 0 Å². The molecule has 1 atom stereocenters. The van der Waals surface area contributed by atoms with Crippen LogP contribution in [0.5, 0.6) is 0 Å². The fourth-order valence-electron chi connectivity index (χ4n) is 5.53. The number of ether oxygens (including phenoxy) is 1. The SMILES string of the molecule is Fc1ccc2[nH]ccc2c1-c1nc(N2CCOCC2)c2sc(CN3CCN4C=CC[C@H]4C3)cc2n1. The van der Waals surface area contributed by atoms with Gasteiger partial charge in [0, 0.05) is 67.3 Å². The molecule has 0 radical (unpaired) electrons. The quantitative estimate of drug-likeness (QED) is 0.462. The molecule has 7 nitrogen and oxygen atoms in total.